The predicted molar refractivity (Wildman–Crippen MR) is 136 cm³/mol. The van der Waals surface area contributed by atoms with Crippen molar-refractivity contribution in [3.63, 3.8) is 0 Å². The Morgan fingerprint density at radius 1 is 1.03 bits per heavy atom. The van der Waals surface area contributed by atoms with Crippen molar-refractivity contribution in [3.05, 3.63) is 29.8 Å². The fraction of sp³-hybridized carbons (Fsp3) is 0.714. The first kappa shape index (κ1) is 24.8. The Morgan fingerprint density at radius 3 is 2.49 bits per heavy atom. The number of ether oxygens (including phenoxy) is 1. The second kappa shape index (κ2) is 8.89. The van der Waals surface area contributed by atoms with Crippen molar-refractivity contribution in [3.8, 4) is 0 Å². The van der Waals surface area contributed by atoms with E-state index in [-0.39, 0.29) is 22.4 Å². The Hall–Kier alpha value is -1.89. The minimum atomic E-state index is -3.67. The number of nitrogens with one attached hydrogen (secondary N) is 1. The summed E-state index contributed by atoms with van der Waals surface area (Å²) in [6.45, 7) is 8.29. The summed E-state index contributed by atoms with van der Waals surface area (Å²) < 4.78 is 31.3. The lowest BCUT2D eigenvalue weighted by molar-refractivity contribution is -0.158. The number of hydrogen-bond acceptors (Lipinski definition) is 5. The first-order valence-electron chi connectivity index (χ1n) is 13.4. The van der Waals surface area contributed by atoms with E-state index in [1.807, 2.05) is 19.1 Å². The van der Waals surface area contributed by atoms with Crippen molar-refractivity contribution in [1.29, 1.82) is 0 Å². The highest BCUT2D eigenvalue weighted by molar-refractivity contribution is 7.89. The molecule has 4 fully saturated rings. The number of nitrogens with zero attached hydrogens (tertiary/aromatic N) is 1. The third kappa shape index (κ3) is 4.32. The van der Waals surface area contributed by atoms with Gasteiger partial charge in [0.15, 0.2) is 0 Å². The molecule has 192 valence electrons. The third-order valence-corrected chi connectivity index (χ3v) is 11.5. The molecule has 7 atom stereocenters. The molecule has 0 amide bonds. The molecule has 0 spiro atoms. The van der Waals surface area contributed by atoms with Gasteiger partial charge in [0.1, 0.15) is 6.10 Å². The normalized spacial score (nSPS) is 39.9. The average Bonchev–Trinajstić information content (AvgIpc) is 3.14. The van der Waals surface area contributed by atoms with E-state index in [1.54, 1.807) is 12.1 Å². The molecule has 7 unspecified atom stereocenters. The monoisotopic (exact) mass is 500 g/mol. The van der Waals surface area contributed by atoms with Gasteiger partial charge in [-0.1, -0.05) is 31.5 Å². The number of carbonyl (C=O) groups excluding carboxylic acids is 1. The van der Waals surface area contributed by atoms with Gasteiger partial charge in [-0.2, -0.15) is 13.5 Å². The third-order valence-electron chi connectivity index (χ3n) is 10.3. The van der Waals surface area contributed by atoms with Gasteiger partial charge in [-0.3, -0.25) is 4.79 Å². The van der Waals surface area contributed by atoms with Gasteiger partial charge in [0.25, 0.3) is 10.0 Å². The maximum Gasteiger partial charge on any atom is 0.302 e. The second-order valence-corrected chi connectivity index (χ2v) is 13.8. The van der Waals surface area contributed by atoms with Gasteiger partial charge in [0.05, 0.1) is 4.90 Å². The molecule has 0 heterocycles. The zero-order valence-corrected chi connectivity index (χ0v) is 22.4. The molecule has 0 bridgehead atoms. The molecule has 4 aliphatic rings. The zero-order valence-electron chi connectivity index (χ0n) is 21.5. The molecule has 4 saturated carbocycles. The Morgan fingerprint density at radius 2 is 1.77 bits per heavy atom. The predicted octanol–water partition coefficient (Wildman–Crippen LogP) is 5.60. The summed E-state index contributed by atoms with van der Waals surface area (Å²) in [6, 6.07) is 6.90. The van der Waals surface area contributed by atoms with Gasteiger partial charge in [-0.05, 0) is 106 Å². The second-order valence-electron chi connectivity index (χ2n) is 12.1. The molecule has 0 saturated heterocycles. The van der Waals surface area contributed by atoms with E-state index < -0.39 is 10.0 Å². The smallest absolute Gasteiger partial charge is 0.302 e. The van der Waals surface area contributed by atoms with Crippen LogP contribution < -0.4 is 4.83 Å². The molecule has 1 aromatic carbocycles. The number of esters is 1. The summed E-state index contributed by atoms with van der Waals surface area (Å²) in [5.41, 5.74) is 2.34. The van der Waals surface area contributed by atoms with Crippen LogP contribution in [0.1, 0.15) is 84.1 Å². The minimum absolute atomic E-state index is 0.0326. The molecule has 0 aliphatic heterocycles. The van der Waals surface area contributed by atoms with Gasteiger partial charge in [0.2, 0.25) is 0 Å². The van der Waals surface area contributed by atoms with E-state index in [0.717, 1.165) is 49.8 Å². The molecule has 0 aromatic heterocycles. The Labute approximate surface area is 210 Å². The van der Waals surface area contributed by atoms with Crippen LogP contribution in [0.25, 0.3) is 0 Å². The van der Waals surface area contributed by atoms with Crippen LogP contribution in [0.5, 0.6) is 0 Å². The van der Waals surface area contributed by atoms with Gasteiger partial charge in [0, 0.05) is 18.1 Å². The van der Waals surface area contributed by atoms with Crippen LogP contribution >= 0.6 is 0 Å². The van der Waals surface area contributed by atoms with E-state index in [9.17, 15) is 13.2 Å². The molecule has 7 heteroatoms. The number of sulfonamides is 1. The summed E-state index contributed by atoms with van der Waals surface area (Å²) in [6.07, 6.45) is 9.84. The standard InChI is InChI=1S/C28H40N2O4S/c1-18-5-8-22(9-6-18)35(32,33)30-29-26-12-11-24-23-10-7-20-17-21(34-19(2)31)13-15-27(20,3)25(23)14-16-28(24,26)4/h5-6,8-9,20-21,23-25,30H,7,10-17H2,1-4H3/b29-26+. The summed E-state index contributed by atoms with van der Waals surface area (Å²) >= 11 is 0. The van der Waals surface area contributed by atoms with Crippen LogP contribution in [-0.4, -0.2) is 26.2 Å². The lowest BCUT2D eigenvalue weighted by Crippen LogP contribution is -2.54. The van der Waals surface area contributed by atoms with Crippen LogP contribution in [0.3, 0.4) is 0 Å². The number of hydrazone groups is 1. The van der Waals surface area contributed by atoms with Gasteiger partial charge >= 0.3 is 5.97 Å². The summed E-state index contributed by atoms with van der Waals surface area (Å²) in [7, 11) is -3.67. The number of rotatable bonds is 4. The summed E-state index contributed by atoms with van der Waals surface area (Å²) in [4.78, 5) is 14.3. The maximum atomic E-state index is 12.8. The quantitative estimate of drug-likeness (QED) is 0.431. The van der Waals surface area contributed by atoms with Crippen molar-refractivity contribution in [2.45, 2.75) is 96.5 Å². The van der Waals surface area contributed by atoms with Gasteiger partial charge in [-0.15, -0.1) is 0 Å². The SMILES string of the molecule is CC(=O)OC1CCC2(C)C(CCC3C4CC/C(=N\NS(=O)(=O)c5ccc(C)cc5)C4(C)CCC32)C1. The van der Waals surface area contributed by atoms with E-state index >= 15 is 0 Å². The molecule has 5 rings (SSSR count). The lowest BCUT2D eigenvalue weighted by Gasteiger charge is -2.60. The molecule has 1 N–H and O–H groups in total. The summed E-state index contributed by atoms with van der Waals surface area (Å²) in [5.74, 6) is 2.40. The van der Waals surface area contributed by atoms with Crippen LogP contribution in [0.2, 0.25) is 0 Å². The van der Waals surface area contributed by atoms with E-state index in [1.165, 1.54) is 26.2 Å². The lowest BCUT2D eigenvalue weighted by atomic mass is 9.45. The van der Waals surface area contributed by atoms with Gasteiger partial charge < -0.3 is 4.74 Å². The Bertz CT molecular complexity index is 1110. The molecule has 4 aliphatic carbocycles. The molecular formula is C28H40N2O4S. The molecule has 6 nitrogen and oxygen atoms in total. The fourth-order valence-corrected chi connectivity index (χ4v) is 9.25. The van der Waals surface area contributed by atoms with Crippen molar-refractivity contribution < 1.29 is 17.9 Å². The van der Waals surface area contributed by atoms with E-state index in [0.29, 0.717) is 29.1 Å². The highest BCUT2D eigenvalue weighted by Crippen LogP contribution is 2.65. The van der Waals surface area contributed by atoms with Gasteiger partial charge in [-0.25, -0.2) is 4.83 Å². The average molecular weight is 501 g/mol. The molecule has 35 heavy (non-hydrogen) atoms. The number of carbonyl (C=O) groups is 1. The number of benzene rings is 1. The molecular weight excluding hydrogens is 460 g/mol. The highest BCUT2D eigenvalue weighted by Gasteiger charge is 2.59. The van der Waals surface area contributed by atoms with Crippen LogP contribution in [0.15, 0.2) is 34.3 Å². The number of hydrogen-bond donors (Lipinski definition) is 1. The van der Waals surface area contributed by atoms with Crippen molar-refractivity contribution >= 4 is 21.7 Å². The first-order valence-corrected chi connectivity index (χ1v) is 14.8. The summed E-state index contributed by atoms with van der Waals surface area (Å²) in [5, 5.41) is 4.55. The van der Waals surface area contributed by atoms with Crippen molar-refractivity contribution in [2.24, 2.45) is 39.6 Å². The number of aryl methyl sites for hydroxylation is 1. The van der Waals surface area contributed by atoms with Crippen LogP contribution in [-0.2, 0) is 19.6 Å². The minimum Gasteiger partial charge on any atom is -0.463 e. The van der Waals surface area contributed by atoms with Crippen LogP contribution in [0.4, 0.5) is 0 Å². The largest absolute Gasteiger partial charge is 0.463 e. The van der Waals surface area contributed by atoms with Crippen molar-refractivity contribution in [1.82, 2.24) is 4.83 Å². The van der Waals surface area contributed by atoms with Crippen molar-refractivity contribution in [2.75, 3.05) is 0 Å². The zero-order chi connectivity index (χ0) is 25.0. The topological polar surface area (TPSA) is 84.8 Å². The number of fused-ring (bicyclic) bond motifs is 5. The Balaban J connectivity index is 1.31. The maximum absolute atomic E-state index is 12.8. The van der Waals surface area contributed by atoms with Crippen LogP contribution in [0, 0.1) is 41.4 Å². The van der Waals surface area contributed by atoms with E-state index in [4.69, 9.17) is 4.74 Å². The fourth-order valence-electron chi connectivity index (χ4n) is 8.42. The molecule has 0 radical (unpaired) electrons. The Kier molecular flexibility index (Phi) is 6.30. The van der Waals surface area contributed by atoms with E-state index in [2.05, 4.69) is 23.8 Å². The molecule has 1 aromatic rings. The first-order chi connectivity index (χ1) is 16.5. The highest BCUT2D eigenvalue weighted by atomic mass is 32.2.